The monoisotopic (exact) mass is 484 g/mol. The number of nitrogens with one attached hydrogen (secondary N) is 2. The molecule has 2 rings (SSSR count). The summed E-state index contributed by atoms with van der Waals surface area (Å²) in [7, 11) is 0. The van der Waals surface area contributed by atoms with Gasteiger partial charge in [0.05, 0.1) is 6.42 Å². The molecule has 0 radical (unpaired) electrons. The Balaban J connectivity index is 2.40. The van der Waals surface area contributed by atoms with Crippen molar-refractivity contribution in [1.82, 2.24) is 15.5 Å². The molecule has 1 aliphatic carbocycles. The summed E-state index contributed by atoms with van der Waals surface area (Å²) < 4.78 is 5.22. The molecule has 190 valence electrons. The molecule has 9 heteroatoms. The van der Waals surface area contributed by atoms with Gasteiger partial charge in [0.25, 0.3) is 5.91 Å². The Bertz CT molecular complexity index is 973. The quantitative estimate of drug-likeness (QED) is 0.386. The van der Waals surface area contributed by atoms with Crippen LogP contribution in [0.2, 0.25) is 0 Å². The summed E-state index contributed by atoms with van der Waals surface area (Å²) >= 11 is 0. The first-order valence-corrected chi connectivity index (χ1v) is 11.9. The number of benzene rings is 1. The maximum absolute atomic E-state index is 13.6. The smallest absolute Gasteiger partial charge is 0.408 e. The van der Waals surface area contributed by atoms with E-state index in [4.69, 9.17) is 16.9 Å². The van der Waals surface area contributed by atoms with Crippen LogP contribution >= 0.6 is 0 Å². The number of ether oxygens (including phenoxy) is 1. The van der Waals surface area contributed by atoms with E-state index in [1.54, 1.807) is 32.9 Å². The van der Waals surface area contributed by atoms with E-state index in [0.717, 1.165) is 42.6 Å². The topological polar surface area (TPSA) is 131 Å². The minimum absolute atomic E-state index is 0.0150. The van der Waals surface area contributed by atoms with Crippen molar-refractivity contribution in [1.29, 1.82) is 0 Å². The van der Waals surface area contributed by atoms with Crippen LogP contribution in [0.3, 0.4) is 0 Å². The van der Waals surface area contributed by atoms with Crippen molar-refractivity contribution in [3.8, 4) is 12.5 Å². The number of carbonyl (C=O) groups excluding carboxylic acids is 4. The number of hydrogen-bond donors (Lipinski definition) is 3. The fourth-order valence-corrected chi connectivity index (χ4v) is 4.10. The van der Waals surface area contributed by atoms with E-state index in [1.165, 1.54) is 0 Å². The molecule has 0 saturated heterocycles. The summed E-state index contributed by atoms with van der Waals surface area (Å²) in [6, 6.07) is 6.82. The van der Waals surface area contributed by atoms with E-state index in [-0.39, 0.29) is 6.04 Å². The lowest BCUT2D eigenvalue weighted by Crippen LogP contribution is -2.53. The molecular formula is C26H36N4O5. The molecule has 1 aromatic rings. The zero-order valence-corrected chi connectivity index (χ0v) is 20.9. The molecule has 4 amide bonds. The lowest BCUT2D eigenvalue weighted by molar-refractivity contribution is -0.139. The summed E-state index contributed by atoms with van der Waals surface area (Å²) in [4.78, 5) is 52.1. The lowest BCUT2D eigenvalue weighted by atomic mass is 9.94. The Morgan fingerprint density at radius 2 is 1.80 bits per heavy atom. The number of primary amides is 1. The van der Waals surface area contributed by atoms with Crippen LogP contribution in [0.1, 0.15) is 76.5 Å². The van der Waals surface area contributed by atoms with E-state index >= 15 is 0 Å². The van der Waals surface area contributed by atoms with Gasteiger partial charge in [-0.25, -0.2) is 4.79 Å². The molecule has 35 heavy (non-hydrogen) atoms. The van der Waals surface area contributed by atoms with E-state index in [2.05, 4.69) is 16.7 Å². The SMILES string of the molecule is C#CN(C(=O)C(CC(N)=O)NC(=O)OC(C)(C)C)C(C(=O)NC1CCCCC1)c1ccccc1C. The number of hydrogen-bond acceptors (Lipinski definition) is 5. The second-order valence-corrected chi connectivity index (χ2v) is 9.81. The molecule has 0 spiro atoms. The normalized spacial score (nSPS) is 15.7. The van der Waals surface area contributed by atoms with E-state index in [9.17, 15) is 19.2 Å². The fourth-order valence-electron chi connectivity index (χ4n) is 4.10. The summed E-state index contributed by atoms with van der Waals surface area (Å²) in [5.41, 5.74) is 5.81. The van der Waals surface area contributed by atoms with Crippen molar-refractivity contribution in [3.63, 3.8) is 0 Å². The van der Waals surface area contributed by atoms with Crippen molar-refractivity contribution in [2.24, 2.45) is 5.73 Å². The highest BCUT2D eigenvalue weighted by atomic mass is 16.6. The van der Waals surface area contributed by atoms with Gasteiger partial charge < -0.3 is 21.1 Å². The number of alkyl carbamates (subject to hydrolysis) is 1. The molecule has 0 bridgehead atoms. The number of amides is 4. The molecule has 1 saturated carbocycles. The van der Waals surface area contributed by atoms with Gasteiger partial charge in [-0.05, 0) is 51.7 Å². The minimum atomic E-state index is -1.41. The average molecular weight is 485 g/mol. The predicted molar refractivity (Wildman–Crippen MR) is 132 cm³/mol. The van der Waals surface area contributed by atoms with Crippen LogP contribution in [0.15, 0.2) is 24.3 Å². The Morgan fingerprint density at radius 3 is 2.34 bits per heavy atom. The Labute approximate surface area is 207 Å². The highest BCUT2D eigenvalue weighted by Crippen LogP contribution is 2.27. The number of nitrogens with two attached hydrogens (primary N) is 1. The zero-order chi connectivity index (χ0) is 26.2. The van der Waals surface area contributed by atoms with Crippen molar-refractivity contribution in [2.75, 3.05) is 0 Å². The second-order valence-electron chi connectivity index (χ2n) is 9.81. The Kier molecular flexibility index (Phi) is 9.69. The molecule has 1 aliphatic rings. The minimum Gasteiger partial charge on any atom is -0.444 e. The third kappa shape index (κ3) is 8.32. The van der Waals surface area contributed by atoms with Gasteiger partial charge in [0.15, 0.2) is 0 Å². The van der Waals surface area contributed by atoms with Crippen LogP contribution in [-0.4, -0.2) is 46.4 Å². The molecule has 4 N–H and O–H groups in total. The van der Waals surface area contributed by atoms with E-state index < -0.39 is 47.9 Å². The van der Waals surface area contributed by atoms with Gasteiger partial charge in [-0.3, -0.25) is 19.3 Å². The largest absolute Gasteiger partial charge is 0.444 e. The van der Waals surface area contributed by atoms with Gasteiger partial charge in [-0.2, -0.15) is 0 Å². The predicted octanol–water partition coefficient (Wildman–Crippen LogP) is 2.67. The third-order valence-corrected chi connectivity index (χ3v) is 5.71. The molecule has 0 heterocycles. The Hall–Kier alpha value is -3.54. The number of carbonyl (C=O) groups is 4. The van der Waals surface area contributed by atoms with Crippen molar-refractivity contribution < 1.29 is 23.9 Å². The first-order chi connectivity index (χ1) is 16.4. The van der Waals surface area contributed by atoms with Gasteiger partial charge in [-0.15, -0.1) is 0 Å². The molecule has 1 aromatic carbocycles. The zero-order valence-electron chi connectivity index (χ0n) is 20.9. The number of aryl methyl sites for hydroxylation is 1. The molecule has 9 nitrogen and oxygen atoms in total. The highest BCUT2D eigenvalue weighted by Gasteiger charge is 2.37. The average Bonchev–Trinajstić information content (AvgIpc) is 2.76. The first-order valence-electron chi connectivity index (χ1n) is 11.9. The van der Waals surface area contributed by atoms with Crippen LogP contribution in [0.25, 0.3) is 0 Å². The van der Waals surface area contributed by atoms with Crippen LogP contribution in [0.4, 0.5) is 4.79 Å². The van der Waals surface area contributed by atoms with Crippen molar-refractivity contribution in [3.05, 3.63) is 35.4 Å². The summed E-state index contributed by atoms with van der Waals surface area (Å²) in [6.07, 6.45) is 9.17. The number of nitrogens with zero attached hydrogens (tertiary/aromatic N) is 1. The standard InChI is InChI=1S/C26H36N4O5/c1-6-30(24(33)20(16-21(27)31)29-25(34)35-26(3,4)5)22(19-15-11-10-12-17(19)2)23(32)28-18-13-8-7-9-14-18/h1,10-12,15,18,20,22H,7-9,13-14,16H2,2-5H3,(H2,27,31)(H,28,32)(H,29,34). The van der Waals surface area contributed by atoms with Gasteiger partial charge >= 0.3 is 6.09 Å². The van der Waals surface area contributed by atoms with Crippen LogP contribution < -0.4 is 16.4 Å². The summed E-state index contributed by atoms with van der Waals surface area (Å²) in [5, 5.41) is 5.41. The number of terminal acetylenes is 1. The molecule has 0 aliphatic heterocycles. The van der Waals surface area contributed by atoms with E-state index in [1.807, 2.05) is 19.1 Å². The van der Waals surface area contributed by atoms with Crippen LogP contribution in [0, 0.1) is 19.4 Å². The van der Waals surface area contributed by atoms with E-state index in [0.29, 0.717) is 5.56 Å². The van der Waals surface area contributed by atoms with Crippen molar-refractivity contribution in [2.45, 2.75) is 89.9 Å². The van der Waals surface area contributed by atoms with Crippen molar-refractivity contribution >= 4 is 23.8 Å². The maximum atomic E-state index is 13.6. The van der Waals surface area contributed by atoms with Crippen LogP contribution in [-0.2, 0) is 19.1 Å². The van der Waals surface area contributed by atoms with Gasteiger partial charge in [0, 0.05) is 12.1 Å². The summed E-state index contributed by atoms with van der Waals surface area (Å²) in [6.45, 7) is 6.80. The first kappa shape index (κ1) is 27.7. The van der Waals surface area contributed by atoms with Gasteiger partial charge in [0.1, 0.15) is 17.7 Å². The molecule has 2 unspecified atom stereocenters. The molecule has 0 aromatic heterocycles. The number of rotatable bonds is 8. The third-order valence-electron chi connectivity index (χ3n) is 5.71. The summed E-state index contributed by atoms with van der Waals surface area (Å²) in [5.74, 6) is -2.06. The second kappa shape index (κ2) is 12.2. The van der Waals surface area contributed by atoms with Gasteiger partial charge in [-0.1, -0.05) is 50.0 Å². The fraction of sp³-hybridized carbons (Fsp3) is 0.538. The lowest BCUT2D eigenvalue weighted by Gasteiger charge is -2.32. The molecule has 1 fully saturated rings. The van der Waals surface area contributed by atoms with Gasteiger partial charge in [0.2, 0.25) is 11.8 Å². The Morgan fingerprint density at radius 1 is 1.17 bits per heavy atom. The molecule has 2 atom stereocenters. The maximum Gasteiger partial charge on any atom is 0.408 e. The highest BCUT2D eigenvalue weighted by molar-refractivity contribution is 5.95. The molecular weight excluding hydrogens is 448 g/mol. The van der Waals surface area contributed by atoms with Crippen LogP contribution in [0.5, 0.6) is 0 Å².